The number of pyridine rings is 1. The fraction of sp³-hybridized carbons (Fsp3) is 0.500. The number of rotatable bonds is 7. The maximum absolute atomic E-state index is 13.2. The van der Waals surface area contributed by atoms with Crippen LogP contribution in [0.1, 0.15) is 73.4 Å². The highest BCUT2D eigenvalue weighted by Gasteiger charge is 2.34. The topological polar surface area (TPSA) is 99.7 Å². The van der Waals surface area contributed by atoms with E-state index in [0.717, 1.165) is 61.3 Å². The quantitative estimate of drug-likeness (QED) is 0.489. The number of hydrogen-bond acceptors (Lipinski definition) is 7. The number of aromatic amines is 1. The molecular weight excluding hydrogens is 445 g/mol. The fourth-order valence-electron chi connectivity index (χ4n) is 5.78. The maximum atomic E-state index is 13.2. The number of halogens is 1. The lowest BCUT2D eigenvalue weighted by molar-refractivity contribution is -0.119. The first-order chi connectivity index (χ1) is 17.1. The number of nitrogens with one attached hydrogen (secondary N) is 2. The molecule has 3 aromatic rings. The van der Waals surface area contributed by atoms with E-state index in [1.54, 1.807) is 6.07 Å². The highest BCUT2D eigenvalue weighted by Crippen LogP contribution is 2.35. The van der Waals surface area contributed by atoms with E-state index in [-0.39, 0.29) is 18.2 Å². The SMILES string of the molecule is O=C(Cc1ccc(F)nc1)C1CCCN1c1nc2c(c(Nc3ncc(C4CCCC4)[nH]3)n1)CCC2. The summed E-state index contributed by atoms with van der Waals surface area (Å²) in [7, 11) is 0. The van der Waals surface area contributed by atoms with Crippen molar-refractivity contribution in [2.75, 3.05) is 16.8 Å². The Labute approximate surface area is 203 Å². The predicted molar refractivity (Wildman–Crippen MR) is 130 cm³/mol. The van der Waals surface area contributed by atoms with Crippen LogP contribution in [0.3, 0.4) is 0 Å². The number of fused-ring (bicyclic) bond motifs is 1. The predicted octanol–water partition coefficient (Wildman–Crippen LogP) is 4.40. The molecule has 182 valence electrons. The average molecular weight is 476 g/mol. The Bertz CT molecular complexity index is 1220. The van der Waals surface area contributed by atoms with Gasteiger partial charge in [-0.1, -0.05) is 18.9 Å². The second-order valence-corrected chi connectivity index (χ2v) is 9.93. The lowest BCUT2D eigenvalue weighted by atomic mass is 10.0. The Kier molecular flexibility index (Phi) is 5.91. The van der Waals surface area contributed by atoms with Crippen LogP contribution in [0.2, 0.25) is 0 Å². The summed E-state index contributed by atoms with van der Waals surface area (Å²) >= 11 is 0. The Balaban J connectivity index is 1.24. The van der Waals surface area contributed by atoms with E-state index in [0.29, 0.717) is 17.8 Å². The van der Waals surface area contributed by atoms with E-state index >= 15 is 0 Å². The number of aromatic nitrogens is 5. The zero-order chi connectivity index (χ0) is 23.8. The van der Waals surface area contributed by atoms with Crippen LogP contribution >= 0.6 is 0 Å². The Morgan fingerprint density at radius 1 is 1.06 bits per heavy atom. The molecule has 8 nitrogen and oxygen atoms in total. The summed E-state index contributed by atoms with van der Waals surface area (Å²) in [5.41, 5.74) is 4.11. The first-order valence-electron chi connectivity index (χ1n) is 12.8. The smallest absolute Gasteiger partial charge is 0.228 e. The second-order valence-electron chi connectivity index (χ2n) is 9.93. The van der Waals surface area contributed by atoms with Crippen molar-refractivity contribution in [3.8, 4) is 0 Å². The Hall–Kier alpha value is -3.36. The highest BCUT2D eigenvalue weighted by atomic mass is 19.1. The van der Waals surface area contributed by atoms with Gasteiger partial charge in [-0.3, -0.25) is 4.79 Å². The third kappa shape index (κ3) is 4.51. The second kappa shape index (κ2) is 9.36. The third-order valence-electron chi connectivity index (χ3n) is 7.60. The van der Waals surface area contributed by atoms with Crippen molar-refractivity contribution in [2.45, 2.75) is 76.2 Å². The van der Waals surface area contributed by atoms with Crippen LogP contribution < -0.4 is 10.2 Å². The number of carbonyl (C=O) groups is 1. The monoisotopic (exact) mass is 475 g/mol. The first-order valence-corrected chi connectivity index (χ1v) is 12.8. The number of Topliss-reactive ketones (excluding diaryl/α,β-unsaturated/α-hetero) is 1. The molecule has 2 aliphatic carbocycles. The lowest BCUT2D eigenvalue weighted by Gasteiger charge is -2.25. The van der Waals surface area contributed by atoms with Crippen molar-refractivity contribution in [1.82, 2.24) is 24.9 Å². The van der Waals surface area contributed by atoms with E-state index in [1.807, 2.05) is 11.1 Å². The molecule has 2 N–H and O–H groups in total. The van der Waals surface area contributed by atoms with E-state index < -0.39 is 5.95 Å². The van der Waals surface area contributed by atoms with Gasteiger partial charge in [-0.05, 0) is 56.6 Å². The van der Waals surface area contributed by atoms with Crippen LogP contribution in [-0.4, -0.2) is 43.3 Å². The molecule has 2 fully saturated rings. The number of imidazole rings is 1. The van der Waals surface area contributed by atoms with Gasteiger partial charge in [0.05, 0.1) is 17.9 Å². The number of nitrogens with zero attached hydrogens (tertiary/aromatic N) is 5. The summed E-state index contributed by atoms with van der Waals surface area (Å²) in [6.07, 6.45) is 13.2. The molecule has 0 bridgehead atoms. The van der Waals surface area contributed by atoms with Crippen LogP contribution in [0.4, 0.5) is 22.1 Å². The number of hydrogen-bond donors (Lipinski definition) is 2. The van der Waals surface area contributed by atoms with Crippen molar-refractivity contribution >= 4 is 23.5 Å². The molecule has 6 rings (SSSR count). The summed E-state index contributed by atoms with van der Waals surface area (Å²) in [6.45, 7) is 0.739. The Morgan fingerprint density at radius 3 is 2.77 bits per heavy atom. The number of carbonyl (C=O) groups excluding carboxylic acids is 1. The van der Waals surface area contributed by atoms with E-state index in [1.165, 1.54) is 43.6 Å². The van der Waals surface area contributed by atoms with Crippen molar-refractivity contribution < 1.29 is 9.18 Å². The van der Waals surface area contributed by atoms with Gasteiger partial charge in [-0.15, -0.1) is 0 Å². The minimum Gasteiger partial charge on any atom is -0.331 e. The minimum atomic E-state index is -0.540. The van der Waals surface area contributed by atoms with Gasteiger partial charge in [0.1, 0.15) is 5.82 Å². The first kappa shape index (κ1) is 22.1. The van der Waals surface area contributed by atoms with E-state index in [2.05, 4.69) is 20.3 Å². The molecular formula is C26H30FN7O. The third-order valence-corrected chi connectivity index (χ3v) is 7.60. The summed E-state index contributed by atoms with van der Waals surface area (Å²) in [5.74, 6) is 2.21. The van der Waals surface area contributed by atoms with Gasteiger partial charge in [0.2, 0.25) is 17.8 Å². The van der Waals surface area contributed by atoms with Gasteiger partial charge in [-0.25, -0.2) is 15.0 Å². The summed E-state index contributed by atoms with van der Waals surface area (Å²) < 4.78 is 13.2. The van der Waals surface area contributed by atoms with Crippen LogP contribution in [-0.2, 0) is 24.1 Å². The summed E-state index contributed by atoms with van der Waals surface area (Å²) in [5, 5.41) is 3.43. The zero-order valence-electron chi connectivity index (χ0n) is 19.8. The van der Waals surface area contributed by atoms with Gasteiger partial charge in [0.25, 0.3) is 0 Å². The number of H-pyrrole nitrogens is 1. The van der Waals surface area contributed by atoms with Gasteiger partial charge in [-0.2, -0.15) is 9.37 Å². The highest BCUT2D eigenvalue weighted by molar-refractivity contribution is 5.89. The van der Waals surface area contributed by atoms with Crippen molar-refractivity contribution in [3.05, 3.63) is 53.0 Å². The normalized spacial score (nSPS) is 19.9. The number of aryl methyl sites for hydroxylation is 1. The van der Waals surface area contributed by atoms with E-state index in [4.69, 9.17) is 9.97 Å². The fourth-order valence-corrected chi connectivity index (χ4v) is 5.78. The molecule has 4 heterocycles. The zero-order valence-corrected chi connectivity index (χ0v) is 19.8. The van der Waals surface area contributed by atoms with Crippen molar-refractivity contribution in [3.63, 3.8) is 0 Å². The van der Waals surface area contributed by atoms with Crippen LogP contribution in [0.15, 0.2) is 24.5 Å². The molecule has 0 aromatic carbocycles. The van der Waals surface area contributed by atoms with Gasteiger partial charge < -0.3 is 15.2 Å². The van der Waals surface area contributed by atoms with Crippen LogP contribution in [0, 0.1) is 5.95 Å². The van der Waals surface area contributed by atoms with Gasteiger partial charge >= 0.3 is 0 Å². The molecule has 3 aromatic heterocycles. The van der Waals surface area contributed by atoms with Crippen LogP contribution in [0.25, 0.3) is 0 Å². The van der Waals surface area contributed by atoms with Gasteiger partial charge in [0, 0.05) is 36.3 Å². The summed E-state index contributed by atoms with van der Waals surface area (Å²) in [6, 6.07) is 2.63. The molecule has 0 spiro atoms. The molecule has 1 aliphatic heterocycles. The number of ketones is 1. The molecule has 1 saturated heterocycles. The molecule has 1 saturated carbocycles. The maximum Gasteiger partial charge on any atom is 0.228 e. The van der Waals surface area contributed by atoms with Gasteiger partial charge in [0.15, 0.2) is 5.78 Å². The molecule has 35 heavy (non-hydrogen) atoms. The van der Waals surface area contributed by atoms with Crippen LogP contribution in [0.5, 0.6) is 0 Å². The molecule has 0 radical (unpaired) electrons. The molecule has 1 atom stereocenters. The van der Waals surface area contributed by atoms with Crippen molar-refractivity contribution in [2.24, 2.45) is 0 Å². The largest absolute Gasteiger partial charge is 0.331 e. The molecule has 0 amide bonds. The number of anilines is 3. The van der Waals surface area contributed by atoms with E-state index in [9.17, 15) is 9.18 Å². The van der Waals surface area contributed by atoms with Crippen molar-refractivity contribution in [1.29, 1.82) is 0 Å². The molecule has 9 heteroatoms. The standard InChI is InChI=1S/C26H30FN7O/c27-23-11-10-16(14-28-23)13-22(35)21-9-4-12-34(21)26-31-19-8-3-7-18(19)24(33-26)32-25-29-15-20(30-25)17-5-1-2-6-17/h10-11,14-15,17,21H,1-9,12-13H2,(H2,29,30,31,32,33). The average Bonchev–Trinajstić information content (AvgIpc) is 3.67. The molecule has 1 unspecified atom stereocenters. The summed E-state index contributed by atoms with van der Waals surface area (Å²) in [4.78, 5) is 36.7. The lowest BCUT2D eigenvalue weighted by Crippen LogP contribution is -2.38. The minimum absolute atomic E-state index is 0.0850. The Morgan fingerprint density at radius 2 is 1.94 bits per heavy atom. The molecule has 3 aliphatic rings.